The minimum atomic E-state index is 0.849. The van der Waals surface area contributed by atoms with Gasteiger partial charge in [0.15, 0.2) is 0 Å². The monoisotopic (exact) mass is 530 g/mol. The zero-order valence-corrected chi connectivity index (χ0v) is 22.5. The van der Waals surface area contributed by atoms with Crippen LogP contribution in [0.15, 0.2) is 148 Å². The summed E-state index contributed by atoms with van der Waals surface area (Å²) in [6, 6.07) is 48.1. The van der Waals surface area contributed by atoms with Gasteiger partial charge in [0.25, 0.3) is 0 Å². The third kappa shape index (κ3) is 3.76. The van der Waals surface area contributed by atoms with E-state index in [1.807, 2.05) is 36.4 Å². The van der Waals surface area contributed by atoms with Crippen LogP contribution >= 0.6 is 0 Å². The van der Waals surface area contributed by atoms with Gasteiger partial charge in [0.05, 0.1) is 22.1 Å². The van der Waals surface area contributed by atoms with Crippen molar-refractivity contribution in [3.05, 3.63) is 140 Å². The van der Waals surface area contributed by atoms with E-state index in [4.69, 9.17) is 8.83 Å². The summed E-state index contributed by atoms with van der Waals surface area (Å²) in [6.07, 6.45) is 0. The first kappa shape index (κ1) is 23.4. The Morgan fingerprint density at radius 3 is 1.56 bits per heavy atom. The van der Waals surface area contributed by atoms with Gasteiger partial charge in [-0.3, -0.25) is 0 Å². The van der Waals surface area contributed by atoms with E-state index in [-0.39, 0.29) is 0 Å². The van der Waals surface area contributed by atoms with Gasteiger partial charge in [-0.05, 0) is 66.7 Å². The molecule has 196 valence electrons. The molecule has 0 bridgehead atoms. The van der Waals surface area contributed by atoms with Crippen molar-refractivity contribution in [2.45, 2.75) is 0 Å². The molecule has 0 atom stereocenters. The molecule has 0 aliphatic heterocycles. The Bertz CT molecular complexity index is 2140. The van der Waals surface area contributed by atoms with E-state index in [2.05, 4.69) is 120 Å². The normalized spacial score (nSPS) is 11.5. The van der Waals surface area contributed by atoms with Gasteiger partial charge in [-0.2, -0.15) is 0 Å². The lowest BCUT2D eigenvalue weighted by Crippen LogP contribution is -2.10. The smallest absolute Gasteiger partial charge is 0.137 e. The Kier molecular flexibility index (Phi) is 5.32. The Morgan fingerprint density at radius 1 is 0.415 bits per heavy atom. The molecule has 0 aliphatic carbocycles. The van der Waals surface area contributed by atoms with Gasteiger partial charge >= 0.3 is 0 Å². The van der Waals surface area contributed by atoms with Crippen molar-refractivity contribution in [1.82, 2.24) is 0 Å². The zero-order valence-electron chi connectivity index (χ0n) is 22.5. The van der Waals surface area contributed by atoms with E-state index >= 15 is 0 Å². The number of rotatable bonds is 5. The van der Waals surface area contributed by atoms with E-state index in [0.717, 1.165) is 72.3 Å². The van der Waals surface area contributed by atoms with E-state index in [1.54, 1.807) is 0 Å². The predicted molar refractivity (Wildman–Crippen MR) is 170 cm³/mol. The molecule has 0 unspecified atom stereocenters. The molecule has 0 N–H and O–H groups in total. The Balaban J connectivity index is 1.30. The molecule has 2 aromatic heterocycles. The summed E-state index contributed by atoms with van der Waals surface area (Å²) in [5, 5.41) is 4.39. The van der Waals surface area contributed by atoms with Crippen molar-refractivity contribution in [3.63, 3.8) is 0 Å². The van der Waals surface area contributed by atoms with E-state index in [9.17, 15) is 0 Å². The molecule has 0 aliphatic rings. The maximum Gasteiger partial charge on any atom is 0.137 e. The number of para-hydroxylation sites is 3. The molecule has 4 nitrogen and oxygen atoms in total. The first-order chi connectivity index (χ1) is 20.3. The van der Waals surface area contributed by atoms with Crippen LogP contribution in [0, 0.1) is 0 Å². The van der Waals surface area contributed by atoms with Crippen molar-refractivity contribution < 1.29 is 8.83 Å². The highest BCUT2D eigenvalue weighted by Crippen LogP contribution is 2.44. The average molecular weight is 531 g/mol. The van der Waals surface area contributed by atoms with Crippen LogP contribution in [0.2, 0.25) is 0 Å². The van der Waals surface area contributed by atoms with Gasteiger partial charge in [0.2, 0.25) is 0 Å². The largest absolute Gasteiger partial charge is 0.456 e. The van der Waals surface area contributed by atoms with E-state index < -0.39 is 0 Å². The van der Waals surface area contributed by atoms with Gasteiger partial charge in [0.1, 0.15) is 22.3 Å². The molecule has 0 saturated heterocycles. The molecular weight excluding hydrogens is 504 g/mol. The fraction of sp³-hybridized carbons (Fsp3) is 0.0270. The second kappa shape index (κ2) is 9.32. The van der Waals surface area contributed by atoms with E-state index in [0.29, 0.717) is 0 Å². The number of nitrogens with zero attached hydrogens (tertiary/aromatic N) is 2. The SMILES string of the molecule is CN(c1cccc2oc3ccccc3c12)c1cccc2oc3cc(N(c4ccccc4)c4ccccc4)ccc3c12. The molecule has 2 heterocycles. The summed E-state index contributed by atoms with van der Waals surface area (Å²) in [4.78, 5) is 4.50. The second-order valence-corrected chi connectivity index (χ2v) is 10.2. The first-order valence-electron chi connectivity index (χ1n) is 13.8. The number of fused-ring (bicyclic) bond motifs is 6. The minimum absolute atomic E-state index is 0.849. The molecule has 0 fully saturated rings. The van der Waals surface area contributed by atoms with Crippen LogP contribution in [0.1, 0.15) is 0 Å². The van der Waals surface area contributed by atoms with Crippen molar-refractivity contribution in [1.29, 1.82) is 0 Å². The lowest BCUT2D eigenvalue weighted by molar-refractivity contribution is 0.669. The summed E-state index contributed by atoms with van der Waals surface area (Å²) in [5.41, 5.74) is 8.87. The van der Waals surface area contributed by atoms with Crippen molar-refractivity contribution >= 4 is 72.3 Å². The number of anilines is 5. The van der Waals surface area contributed by atoms with Gasteiger partial charge in [-0.15, -0.1) is 0 Å². The lowest BCUT2D eigenvalue weighted by atomic mass is 10.1. The minimum Gasteiger partial charge on any atom is -0.456 e. The third-order valence-electron chi connectivity index (χ3n) is 7.85. The molecule has 8 aromatic rings. The third-order valence-corrected chi connectivity index (χ3v) is 7.85. The standard InChI is InChI=1S/C37H26N2O2/c1-38(30-17-10-20-33-36(30)28-16-8-9-19-32(28)40-33)31-18-11-21-34-37(31)29-23-22-27(24-35(29)41-34)39(25-12-4-2-5-13-25)26-14-6-3-7-15-26/h2-24H,1H3. The lowest BCUT2D eigenvalue weighted by Gasteiger charge is -2.25. The number of hydrogen-bond acceptors (Lipinski definition) is 4. The summed E-state index contributed by atoms with van der Waals surface area (Å²) < 4.78 is 12.7. The van der Waals surface area contributed by atoms with Crippen molar-refractivity contribution in [2.75, 3.05) is 16.8 Å². The van der Waals surface area contributed by atoms with Crippen LogP contribution in [-0.2, 0) is 0 Å². The molecule has 4 heteroatoms. The summed E-state index contributed by atoms with van der Waals surface area (Å²) in [5.74, 6) is 0. The van der Waals surface area contributed by atoms with Gasteiger partial charge in [-0.1, -0.05) is 66.7 Å². The zero-order chi connectivity index (χ0) is 27.3. The molecular formula is C37H26N2O2. The van der Waals surface area contributed by atoms with Gasteiger partial charge < -0.3 is 18.6 Å². The number of furan rings is 2. The first-order valence-corrected chi connectivity index (χ1v) is 13.8. The van der Waals surface area contributed by atoms with Crippen LogP contribution in [0.25, 0.3) is 43.9 Å². The number of hydrogen-bond donors (Lipinski definition) is 0. The van der Waals surface area contributed by atoms with Crippen molar-refractivity contribution in [3.8, 4) is 0 Å². The van der Waals surface area contributed by atoms with Crippen LogP contribution in [0.5, 0.6) is 0 Å². The highest BCUT2D eigenvalue weighted by molar-refractivity contribution is 6.16. The fourth-order valence-electron chi connectivity index (χ4n) is 5.98. The highest BCUT2D eigenvalue weighted by Gasteiger charge is 2.20. The van der Waals surface area contributed by atoms with E-state index in [1.165, 1.54) is 0 Å². The molecule has 0 saturated carbocycles. The molecule has 0 spiro atoms. The number of benzene rings is 6. The maximum atomic E-state index is 6.51. The summed E-state index contributed by atoms with van der Waals surface area (Å²) in [7, 11) is 2.12. The molecule has 0 radical (unpaired) electrons. The van der Waals surface area contributed by atoms with Crippen LogP contribution < -0.4 is 9.80 Å². The van der Waals surface area contributed by atoms with Gasteiger partial charge in [-0.25, -0.2) is 0 Å². The summed E-state index contributed by atoms with van der Waals surface area (Å²) in [6.45, 7) is 0. The molecule has 8 rings (SSSR count). The molecule has 0 amide bonds. The molecule has 6 aromatic carbocycles. The Morgan fingerprint density at radius 2 is 0.927 bits per heavy atom. The van der Waals surface area contributed by atoms with Crippen LogP contribution in [0.3, 0.4) is 0 Å². The summed E-state index contributed by atoms with van der Waals surface area (Å²) >= 11 is 0. The second-order valence-electron chi connectivity index (χ2n) is 10.2. The quantitative estimate of drug-likeness (QED) is 0.222. The highest BCUT2D eigenvalue weighted by atomic mass is 16.3. The van der Waals surface area contributed by atoms with Crippen LogP contribution in [-0.4, -0.2) is 7.05 Å². The van der Waals surface area contributed by atoms with Crippen LogP contribution in [0.4, 0.5) is 28.4 Å². The van der Waals surface area contributed by atoms with Crippen molar-refractivity contribution in [2.24, 2.45) is 0 Å². The predicted octanol–water partition coefficient (Wildman–Crippen LogP) is 10.7. The topological polar surface area (TPSA) is 32.8 Å². The van der Waals surface area contributed by atoms with Gasteiger partial charge in [0, 0.05) is 40.9 Å². The Labute approximate surface area is 237 Å². The average Bonchev–Trinajstić information content (AvgIpc) is 3.60. The molecule has 41 heavy (non-hydrogen) atoms. The Hall–Kier alpha value is -5.48. The maximum absolute atomic E-state index is 6.51. The fourth-order valence-corrected chi connectivity index (χ4v) is 5.98.